The molecule has 14 heavy (non-hydrogen) atoms. The fourth-order valence-corrected chi connectivity index (χ4v) is 3.16. The standard InChI is InChI=1S/C12H14O2/c13-11-9-5-7-3-1-2-4-8(7)6-10(9)12(11)14/h9-10H,1-6H2. The molecule has 3 aliphatic carbocycles. The highest BCUT2D eigenvalue weighted by atomic mass is 16.2. The highest BCUT2D eigenvalue weighted by molar-refractivity contribution is 6.45. The molecular weight excluding hydrogens is 176 g/mol. The largest absolute Gasteiger partial charge is 0.291 e. The van der Waals surface area contributed by atoms with Crippen LogP contribution in [0.25, 0.3) is 0 Å². The summed E-state index contributed by atoms with van der Waals surface area (Å²) in [6.45, 7) is 0. The maximum Gasteiger partial charge on any atom is 0.202 e. The average molecular weight is 190 g/mol. The maximum absolute atomic E-state index is 11.3. The number of ketones is 2. The Morgan fingerprint density at radius 1 is 0.786 bits per heavy atom. The number of Topliss-reactive ketones (excluding diaryl/α,β-unsaturated/α-hetero) is 2. The van der Waals surface area contributed by atoms with Crippen LogP contribution in [-0.2, 0) is 9.59 Å². The van der Waals surface area contributed by atoms with Crippen molar-refractivity contribution in [3.05, 3.63) is 11.1 Å². The van der Waals surface area contributed by atoms with Gasteiger partial charge in [-0.25, -0.2) is 0 Å². The lowest BCUT2D eigenvalue weighted by atomic mass is 9.60. The van der Waals surface area contributed by atoms with Crippen molar-refractivity contribution in [1.82, 2.24) is 0 Å². The van der Waals surface area contributed by atoms with E-state index in [9.17, 15) is 9.59 Å². The highest BCUT2D eigenvalue weighted by Gasteiger charge is 2.51. The minimum atomic E-state index is -0.0906. The maximum atomic E-state index is 11.3. The fraction of sp³-hybridized carbons (Fsp3) is 0.667. The van der Waals surface area contributed by atoms with Gasteiger partial charge in [0.25, 0.3) is 0 Å². The number of carbonyl (C=O) groups is 2. The monoisotopic (exact) mass is 190 g/mol. The molecule has 0 heterocycles. The Bertz CT molecular complexity index is 317. The minimum Gasteiger partial charge on any atom is -0.291 e. The Balaban J connectivity index is 1.89. The minimum absolute atomic E-state index is 0.0827. The van der Waals surface area contributed by atoms with E-state index in [1.165, 1.54) is 36.8 Å². The molecule has 2 atom stereocenters. The summed E-state index contributed by atoms with van der Waals surface area (Å²) in [5.74, 6) is -0.0158. The zero-order valence-electron chi connectivity index (χ0n) is 8.21. The van der Waals surface area contributed by atoms with Crippen LogP contribution in [0.5, 0.6) is 0 Å². The van der Waals surface area contributed by atoms with E-state index >= 15 is 0 Å². The lowest BCUT2D eigenvalue weighted by molar-refractivity contribution is -0.153. The second-order valence-electron chi connectivity index (χ2n) is 4.76. The first-order valence-corrected chi connectivity index (χ1v) is 5.55. The van der Waals surface area contributed by atoms with Gasteiger partial charge in [0.1, 0.15) is 0 Å². The van der Waals surface area contributed by atoms with E-state index in [1.807, 2.05) is 0 Å². The van der Waals surface area contributed by atoms with Gasteiger partial charge >= 0.3 is 0 Å². The van der Waals surface area contributed by atoms with Gasteiger partial charge in [-0.1, -0.05) is 11.1 Å². The van der Waals surface area contributed by atoms with Crippen LogP contribution in [0.1, 0.15) is 38.5 Å². The van der Waals surface area contributed by atoms with E-state index < -0.39 is 0 Å². The van der Waals surface area contributed by atoms with Gasteiger partial charge in [-0.2, -0.15) is 0 Å². The molecule has 0 aromatic carbocycles. The zero-order valence-corrected chi connectivity index (χ0v) is 8.21. The van der Waals surface area contributed by atoms with Gasteiger partial charge in [-0.3, -0.25) is 9.59 Å². The predicted molar refractivity (Wildman–Crippen MR) is 51.7 cm³/mol. The van der Waals surface area contributed by atoms with Crippen LogP contribution in [0.15, 0.2) is 11.1 Å². The molecule has 0 aliphatic heterocycles. The molecule has 0 aromatic rings. The van der Waals surface area contributed by atoms with Crippen LogP contribution >= 0.6 is 0 Å². The Hall–Kier alpha value is -0.920. The Morgan fingerprint density at radius 3 is 1.64 bits per heavy atom. The van der Waals surface area contributed by atoms with Crippen molar-refractivity contribution < 1.29 is 9.59 Å². The smallest absolute Gasteiger partial charge is 0.202 e. The first kappa shape index (κ1) is 8.39. The van der Waals surface area contributed by atoms with E-state index in [2.05, 4.69) is 0 Å². The van der Waals surface area contributed by atoms with Gasteiger partial charge in [0.15, 0.2) is 0 Å². The van der Waals surface area contributed by atoms with E-state index in [4.69, 9.17) is 0 Å². The fourth-order valence-electron chi connectivity index (χ4n) is 3.16. The summed E-state index contributed by atoms with van der Waals surface area (Å²) < 4.78 is 0. The normalized spacial score (nSPS) is 36.3. The molecule has 74 valence electrons. The zero-order chi connectivity index (χ0) is 9.71. The molecule has 2 nitrogen and oxygen atoms in total. The van der Waals surface area contributed by atoms with Crippen molar-refractivity contribution in [3.63, 3.8) is 0 Å². The SMILES string of the molecule is O=C1C(=O)C2CC3=C(CCCC3)CC12. The quantitative estimate of drug-likeness (QED) is 0.432. The van der Waals surface area contributed by atoms with Gasteiger partial charge in [0, 0.05) is 11.8 Å². The Kier molecular flexibility index (Phi) is 1.67. The molecular formula is C12H14O2. The molecule has 0 N–H and O–H groups in total. The van der Waals surface area contributed by atoms with Crippen LogP contribution in [0.4, 0.5) is 0 Å². The van der Waals surface area contributed by atoms with Crippen molar-refractivity contribution in [2.24, 2.45) is 11.8 Å². The number of hydrogen-bond acceptors (Lipinski definition) is 2. The molecule has 0 aromatic heterocycles. The third-order valence-corrected chi connectivity index (χ3v) is 4.04. The molecule has 3 aliphatic rings. The van der Waals surface area contributed by atoms with Crippen molar-refractivity contribution in [1.29, 1.82) is 0 Å². The number of carbonyl (C=O) groups excluding carboxylic acids is 2. The van der Waals surface area contributed by atoms with Crippen LogP contribution in [0, 0.1) is 11.8 Å². The molecule has 1 saturated carbocycles. The Morgan fingerprint density at radius 2 is 1.21 bits per heavy atom. The summed E-state index contributed by atoms with van der Waals surface area (Å²) in [6.07, 6.45) is 6.73. The number of hydrogen-bond donors (Lipinski definition) is 0. The first-order valence-electron chi connectivity index (χ1n) is 5.55. The second-order valence-corrected chi connectivity index (χ2v) is 4.76. The highest BCUT2D eigenvalue weighted by Crippen LogP contribution is 2.46. The van der Waals surface area contributed by atoms with Gasteiger partial charge in [0.2, 0.25) is 11.6 Å². The Labute approximate surface area is 83.4 Å². The number of fused-ring (bicyclic) bond motifs is 1. The molecule has 0 bridgehead atoms. The molecule has 3 rings (SSSR count). The lowest BCUT2D eigenvalue weighted by Crippen LogP contribution is -2.50. The van der Waals surface area contributed by atoms with Gasteiger partial charge in [0.05, 0.1) is 0 Å². The van der Waals surface area contributed by atoms with Crippen LogP contribution < -0.4 is 0 Å². The third-order valence-electron chi connectivity index (χ3n) is 4.04. The van der Waals surface area contributed by atoms with E-state index in [0.717, 1.165) is 12.8 Å². The molecule has 1 fully saturated rings. The van der Waals surface area contributed by atoms with Crippen molar-refractivity contribution in [2.45, 2.75) is 38.5 Å². The summed E-state index contributed by atoms with van der Waals surface area (Å²) >= 11 is 0. The van der Waals surface area contributed by atoms with Crippen molar-refractivity contribution in [3.8, 4) is 0 Å². The van der Waals surface area contributed by atoms with E-state index in [1.54, 1.807) is 0 Å². The molecule has 2 heteroatoms. The van der Waals surface area contributed by atoms with Gasteiger partial charge in [-0.15, -0.1) is 0 Å². The molecule has 0 radical (unpaired) electrons. The topological polar surface area (TPSA) is 34.1 Å². The summed E-state index contributed by atoms with van der Waals surface area (Å²) in [6, 6.07) is 0. The first-order chi connectivity index (χ1) is 6.77. The molecule has 0 spiro atoms. The molecule has 0 amide bonds. The summed E-state index contributed by atoms with van der Waals surface area (Å²) in [5.41, 5.74) is 3.02. The number of rotatable bonds is 0. The number of allylic oxidation sites excluding steroid dienone is 2. The molecule has 0 saturated heterocycles. The average Bonchev–Trinajstić information content (AvgIpc) is 2.26. The van der Waals surface area contributed by atoms with Crippen molar-refractivity contribution in [2.75, 3.05) is 0 Å². The van der Waals surface area contributed by atoms with Crippen LogP contribution in [-0.4, -0.2) is 11.6 Å². The second kappa shape index (κ2) is 2.78. The molecule has 2 unspecified atom stereocenters. The predicted octanol–water partition coefficient (Wildman–Crippen LogP) is 2.04. The van der Waals surface area contributed by atoms with Crippen molar-refractivity contribution >= 4 is 11.6 Å². The third kappa shape index (κ3) is 0.969. The van der Waals surface area contributed by atoms with E-state index in [0.29, 0.717) is 0 Å². The van der Waals surface area contributed by atoms with Gasteiger partial charge in [-0.05, 0) is 38.5 Å². The lowest BCUT2D eigenvalue weighted by Gasteiger charge is -2.40. The summed E-state index contributed by atoms with van der Waals surface area (Å²) in [4.78, 5) is 22.6. The van der Waals surface area contributed by atoms with E-state index in [-0.39, 0.29) is 23.4 Å². The van der Waals surface area contributed by atoms with Crippen LogP contribution in [0.2, 0.25) is 0 Å². The summed E-state index contributed by atoms with van der Waals surface area (Å²) in [5, 5.41) is 0. The van der Waals surface area contributed by atoms with Crippen LogP contribution in [0.3, 0.4) is 0 Å². The summed E-state index contributed by atoms with van der Waals surface area (Å²) in [7, 11) is 0. The van der Waals surface area contributed by atoms with Gasteiger partial charge < -0.3 is 0 Å².